The van der Waals surface area contributed by atoms with Crippen LogP contribution in [0.1, 0.15) is 49.7 Å². The summed E-state index contributed by atoms with van der Waals surface area (Å²) in [4.78, 5) is 17.1. The third kappa shape index (κ3) is 5.36. The first-order chi connectivity index (χ1) is 15.1. The Labute approximate surface area is 183 Å². The minimum absolute atomic E-state index is 0.179. The van der Waals surface area contributed by atoms with Crippen molar-refractivity contribution in [3.05, 3.63) is 66.2 Å². The highest BCUT2D eigenvalue weighted by Crippen LogP contribution is 2.39. The summed E-state index contributed by atoms with van der Waals surface area (Å²) in [5.41, 5.74) is 2.46. The lowest BCUT2D eigenvalue weighted by molar-refractivity contribution is 0.0938. The van der Waals surface area contributed by atoms with Crippen LogP contribution in [-0.2, 0) is 0 Å². The van der Waals surface area contributed by atoms with Crippen molar-refractivity contribution < 1.29 is 19.0 Å². The fourth-order valence-corrected chi connectivity index (χ4v) is 3.23. The Bertz CT molecular complexity index is 958. The largest absolute Gasteiger partial charge is 0.490 e. The van der Waals surface area contributed by atoms with Gasteiger partial charge in [0, 0.05) is 23.6 Å². The summed E-state index contributed by atoms with van der Waals surface area (Å²) in [7, 11) is 0. The lowest BCUT2D eigenvalue weighted by atomic mass is 10.1. The Morgan fingerprint density at radius 3 is 2.13 bits per heavy atom. The first-order valence-electron chi connectivity index (χ1n) is 10.5. The topological polar surface area (TPSA) is 74.6 Å². The van der Waals surface area contributed by atoms with E-state index >= 15 is 0 Å². The molecule has 0 fully saturated rings. The highest BCUT2D eigenvalue weighted by Gasteiger charge is 2.19. The number of hydrogen-bond donors (Lipinski definition) is 1. The van der Waals surface area contributed by atoms with E-state index in [1.807, 2.05) is 62.7 Å². The average molecular weight is 424 g/mol. The molecule has 0 radical (unpaired) electrons. The number of carbonyl (C=O) groups is 1. The zero-order chi connectivity index (χ0) is 22.2. The number of carbonyl (C=O) groups excluding carboxylic acids is 1. The number of hydrogen-bond acceptors (Lipinski definition) is 5. The van der Waals surface area contributed by atoms with Crippen molar-refractivity contribution in [1.82, 2.24) is 14.9 Å². The van der Waals surface area contributed by atoms with Gasteiger partial charge in [0.05, 0.1) is 32.2 Å². The Kier molecular flexibility index (Phi) is 7.54. The molecule has 0 aliphatic heterocycles. The van der Waals surface area contributed by atoms with Crippen molar-refractivity contribution in [2.45, 2.75) is 33.7 Å². The molecule has 31 heavy (non-hydrogen) atoms. The number of nitrogens with one attached hydrogen (secondary N) is 1. The molecule has 0 saturated carbocycles. The van der Waals surface area contributed by atoms with Crippen LogP contribution in [0.15, 0.2) is 55.1 Å². The predicted octanol–water partition coefficient (Wildman–Crippen LogP) is 4.56. The monoisotopic (exact) mass is 423 g/mol. The van der Waals surface area contributed by atoms with Gasteiger partial charge < -0.3 is 24.1 Å². The maximum Gasteiger partial charge on any atom is 0.252 e. The Balaban J connectivity index is 1.79. The zero-order valence-corrected chi connectivity index (χ0v) is 18.4. The smallest absolute Gasteiger partial charge is 0.252 e. The molecule has 0 aliphatic rings. The minimum atomic E-state index is -0.212. The van der Waals surface area contributed by atoms with Gasteiger partial charge in [-0.15, -0.1) is 0 Å². The fraction of sp³-hybridized carbons (Fsp3) is 0.333. The van der Waals surface area contributed by atoms with Crippen LogP contribution in [0, 0.1) is 0 Å². The summed E-state index contributed by atoms with van der Waals surface area (Å²) in [6, 6.07) is 11.2. The lowest BCUT2D eigenvalue weighted by Crippen LogP contribution is -2.26. The highest BCUT2D eigenvalue weighted by atomic mass is 16.5. The maximum atomic E-state index is 13.0. The molecule has 3 rings (SSSR count). The summed E-state index contributed by atoms with van der Waals surface area (Å²) in [6.07, 6.45) is 5.37. The van der Waals surface area contributed by atoms with Crippen LogP contribution in [0.4, 0.5) is 0 Å². The molecule has 164 valence electrons. The van der Waals surface area contributed by atoms with Crippen LogP contribution in [0.25, 0.3) is 5.69 Å². The second kappa shape index (κ2) is 10.5. The Hall–Kier alpha value is -3.48. The molecule has 7 nitrogen and oxygen atoms in total. The first-order valence-corrected chi connectivity index (χ1v) is 10.5. The van der Waals surface area contributed by atoms with Gasteiger partial charge in [-0.25, -0.2) is 4.98 Å². The van der Waals surface area contributed by atoms with E-state index in [1.54, 1.807) is 24.7 Å². The molecular formula is C24H29N3O4. The maximum absolute atomic E-state index is 13.0. The molecular weight excluding hydrogens is 394 g/mol. The summed E-state index contributed by atoms with van der Waals surface area (Å²) >= 11 is 0. The van der Waals surface area contributed by atoms with Gasteiger partial charge in [0.15, 0.2) is 11.5 Å². The molecule has 0 bridgehead atoms. The van der Waals surface area contributed by atoms with Gasteiger partial charge in [-0.05, 0) is 57.5 Å². The lowest BCUT2D eigenvalue weighted by Gasteiger charge is -2.19. The first kappa shape index (κ1) is 22.2. The van der Waals surface area contributed by atoms with Crippen LogP contribution in [0.3, 0.4) is 0 Å². The van der Waals surface area contributed by atoms with Crippen LogP contribution in [-0.4, -0.2) is 35.3 Å². The number of nitrogens with zero attached hydrogens (tertiary/aromatic N) is 2. The number of aromatic nitrogens is 2. The molecule has 1 amide bonds. The van der Waals surface area contributed by atoms with E-state index in [0.29, 0.717) is 42.6 Å². The summed E-state index contributed by atoms with van der Waals surface area (Å²) in [6.45, 7) is 9.00. The second-order valence-electron chi connectivity index (χ2n) is 6.86. The van der Waals surface area contributed by atoms with Gasteiger partial charge in [0.1, 0.15) is 0 Å². The highest BCUT2D eigenvalue weighted by molar-refractivity contribution is 5.95. The normalized spacial score (nSPS) is 11.6. The van der Waals surface area contributed by atoms with Crippen LogP contribution in [0.5, 0.6) is 17.2 Å². The predicted molar refractivity (Wildman–Crippen MR) is 119 cm³/mol. The average Bonchev–Trinajstić information content (AvgIpc) is 3.31. The molecule has 0 spiro atoms. The van der Waals surface area contributed by atoms with E-state index < -0.39 is 0 Å². The van der Waals surface area contributed by atoms with E-state index in [1.165, 1.54) is 0 Å². The van der Waals surface area contributed by atoms with Crippen molar-refractivity contribution in [3.8, 4) is 22.9 Å². The SMILES string of the molecule is CCOc1cc(C(=O)NC(C)c2ccc(-n3ccnc3)cc2)cc(OCC)c1OCC. The molecule has 1 heterocycles. The fourth-order valence-electron chi connectivity index (χ4n) is 3.23. The van der Waals surface area contributed by atoms with Crippen molar-refractivity contribution in [2.75, 3.05) is 19.8 Å². The number of benzene rings is 2. The molecule has 1 unspecified atom stereocenters. The van der Waals surface area contributed by atoms with Crippen LogP contribution < -0.4 is 19.5 Å². The molecule has 1 N–H and O–H groups in total. The molecule has 0 saturated heterocycles. The number of amides is 1. The summed E-state index contributed by atoms with van der Waals surface area (Å²) in [5, 5.41) is 3.05. The number of rotatable bonds is 10. The quantitative estimate of drug-likeness (QED) is 0.517. The van der Waals surface area contributed by atoms with E-state index in [0.717, 1.165) is 11.3 Å². The van der Waals surface area contributed by atoms with Gasteiger partial charge in [-0.2, -0.15) is 0 Å². The van der Waals surface area contributed by atoms with E-state index in [-0.39, 0.29) is 11.9 Å². The standard InChI is InChI=1S/C24H29N3O4/c1-5-29-21-14-19(15-22(30-6-2)23(21)31-7-3)24(28)26-17(4)18-8-10-20(11-9-18)27-13-12-25-16-27/h8-17H,5-7H2,1-4H3,(H,26,28). The van der Waals surface area contributed by atoms with Crippen LogP contribution >= 0.6 is 0 Å². The molecule has 2 aromatic carbocycles. The van der Waals surface area contributed by atoms with Crippen molar-refractivity contribution in [1.29, 1.82) is 0 Å². The minimum Gasteiger partial charge on any atom is -0.490 e. The van der Waals surface area contributed by atoms with Gasteiger partial charge in [0.25, 0.3) is 5.91 Å². The van der Waals surface area contributed by atoms with E-state index in [9.17, 15) is 4.79 Å². The zero-order valence-electron chi connectivity index (χ0n) is 18.4. The Morgan fingerprint density at radius 1 is 1.00 bits per heavy atom. The van der Waals surface area contributed by atoms with Crippen molar-refractivity contribution in [3.63, 3.8) is 0 Å². The van der Waals surface area contributed by atoms with Crippen molar-refractivity contribution in [2.24, 2.45) is 0 Å². The van der Waals surface area contributed by atoms with E-state index in [4.69, 9.17) is 14.2 Å². The van der Waals surface area contributed by atoms with Crippen LogP contribution in [0.2, 0.25) is 0 Å². The molecule has 1 atom stereocenters. The van der Waals surface area contributed by atoms with E-state index in [2.05, 4.69) is 10.3 Å². The summed E-state index contributed by atoms with van der Waals surface area (Å²) in [5.74, 6) is 1.30. The van der Waals surface area contributed by atoms with Gasteiger partial charge in [-0.1, -0.05) is 12.1 Å². The third-order valence-electron chi connectivity index (χ3n) is 4.71. The van der Waals surface area contributed by atoms with Gasteiger partial charge >= 0.3 is 0 Å². The second-order valence-corrected chi connectivity index (χ2v) is 6.86. The molecule has 3 aromatic rings. The molecule has 7 heteroatoms. The van der Waals surface area contributed by atoms with Crippen molar-refractivity contribution >= 4 is 5.91 Å². The van der Waals surface area contributed by atoms with Gasteiger partial charge in [-0.3, -0.25) is 4.79 Å². The molecule has 1 aromatic heterocycles. The number of ether oxygens (including phenoxy) is 3. The van der Waals surface area contributed by atoms with Gasteiger partial charge in [0.2, 0.25) is 5.75 Å². The summed E-state index contributed by atoms with van der Waals surface area (Å²) < 4.78 is 19.1. The molecule has 0 aliphatic carbocycles. The Morgan fingerprint density at radius 2 is 1.61 bits per heavy atom. The third-order valence-corrected chi connectivity index (χ3v) is 4.71. The number of imidazole rings is 1.